The highest BCUT2D eigenvalue weighted by molar-refractivity contribution is 5.77. The number of hydrogen-bond donors (Lipinski definition) is 1. The quantitative estimate of drug-likeness (QED) is 0.803. The lowest BCUT2D eigenvalue weighted by molar-refractivity contribution is -0.123. The van der Waals surface area contributed by atoms with E-state index in [1.54, 1.807) is 0 Å². The molecule has 15 heavy (non-hydrogen) atoms. The van der Waals surface area contributed by atoms with Crippen molar-refractivity contribution in [1.82, 2.24) is 5.32 Å². The molecule has 82 valence electrons. The van der Waals surface area contributed by atoms with Crippen LogP contribution < -0.4 is 5.32 Å². The molecule has 0 heterocycles. The van der Waals surface area contributed by atoms with Crippen molar-refractivity contribution in [2.45, 2.75) is 27.2 Å². The minimum atomic E-state index is 0.0712. The van der Waals surface area contributed by atoms with Crippen LogP contribution in [0.3, 0.4) is 0 Å². The van der Waals surface area contributed by atoms with Crippen molar-refractivity contribution in [2.24, 2.45) is 5.92 Å². The van der Waals surface area contributed by atoms with Crippen LogP contribution in [-0.4, -0.2) is 12.5 Å². The summed E-state index contributed by atoms with van der Waals surface area (Å²) in [5.74, 6) is 0.199. The molecule has 0 atom stereocenters. The van der Waals surface area contributed by atoms with Gasteiger partial charge in [0.1, 0.15) is 0 Å². The van der Waals surface area contributed by atoms with Crippen LogP contribution in [-0.2, 0) is 11.2 Å². The summed E-state index contributed by atoms with van der Waals surface area (Å²) >= 11 is 0. The molecular formula is C13H19NO. The van der Waals surface area contributed by atoms with Crippen molar-refractivity contribution in [3.8, 4) is 0 Å². The van der Waals surface area contributed by atoms with Gasteiger partial charge < -0.3 is 5.32 Å². The zero-order valence-corrected chi connectivity index (χ0v) is 9.71. The molecule has 0 fully saturated rings. The van der Waals surface area contributed by atoms with Crippen LogP contribution in [0.5, 0.6) is 0 Å². The number of rotatable bonds is 4. The Morgan fingerprint density at radius 2 is 2.00 bits per heavy atom. The van der Waals surface area contributed by atoms with Crippen LogP contribution >= 0.6 is 0 Å². The first-order valence-electron chi connectivity index (χ1n) is 5.43. The lowest BCUT2D eigenvalue weighted by Gasteiger charge is -2.08. The number of carbonyl (C=O) groups excluding carboxylic acids is 1. The van der Waals surface area contributed by atoms with Crippen LogP contribution in [0.2, 0.25) is 0 Å². The number of amides is 1. The van der Waals surface area contributed by atoms with E-state index in [1.165, 1.54) is 11.1 Å². The highest BCUT2D eigenvalue weighted by Crippen LogP contribution is 2.06. The number of hydrogen-bond acceptors (Lipinski definition) is 1. The molecule has 0 radical (unpaired) electrons. The Hall–Kier alpha value is -1.31. The monoisotopic (exact) mass is 205 g/mol. The second-order valence-corrected chi connectivity index (χ2v) is 4.12. The average molecular weight is 205 g/mol. The molecule has 0 unspecified atom stereocenters. The fraction of sp³-hybridized carbons (Fsp3) is 0.462. The van der Waals surface area contributed by atoms with Crippen molar-refractivity contribution in [3.63, 3.8) is 0 Å². The van der Waals surface area contributed by atoms with Gasteiger partial charge in [0, 0.05) is 12.5 Å². The average Bonchev–Trinajstić information content (AvgIpc) is 2.20. The summed E-state index contributed by atoms with van der Waals surface area (Å²) in [6.07, 6.45) is 0.908. The van der Waals surface area contributed by atoms with Crippen molar-refractivity contribution >= 4 is 5.91 Å². The van der Waals surface area contributed by atoms with E-state index in [4.69, 9.17) is 0 Å². The molecule has 0 aliphatic heterocycles. The third kappa shape index (κ3) is 3.74. The molecule has 1 N–H and O–H groups in total. The molecule has 1 rings (SSSR count). The van der Waals surface area contributed by atoms with Gasteiger partial charge >= 0.3 is 0 Å². The van der Waals surface area contributed by atoms with E-state index in [0.717, 1.165) is 13.0 Å². The van der Waals surface area contributed by atoms with Gasteiger partial charge in [0.15, 0.2) is 0 Å². The lowest BCUT2D eigenvalue weighted by atomic mass is 10.1. The van der Waals surface area contributed by atoms with Gasteiger partial charge in [-0.3, -0.25) is 4.79 Å². The first-order valence-corrected chi connectivity index (χ1v) is 5.43. The van der Waals surface area contributed by atoms with Crippen LogP contribution in [0.4, 0.5) is 0 Å². The maximum absolute atomic E-state index is 11.3. The van der Waals surface area contributed by atoms with E-state index in [0.29, 0.717) is 0 Å². The van der Waals surface area contributed by atoms with Gasteiger partial charge in [0.05, 0.1) is 0 Å². The van der Waals surface area contributed by atoms with Crippen molar-refractivity contribution < 1.29 is 4.79 Å². The van der Waals surface area contributed by atoms with Gasteiger partial charge in [0.25, 0.3) is 0 Å². The van der Waals surface area contributed by atoms with E-state index >= 15 is 0 Å². The summed E-state index contributed by atoms with van der Waals surface area (Å²) in [5, 5.41) is 2.92. The molecular weight excluding hydrogens is 186 g/mol. The largest absolute Gasteiger partial charge is 0.356 e. The SMILES string of the molecule is Cc1ccccc1CCNC(=O)C(C)C. The van der Waals surface area contributed by atoms with E-state index in [9.17, 15) is 4.79 Å². The Morgan fingerprint density at radius 3 is 2.60 bits per heavy atom. The van der Waals surface area contributed by atoms with Crippen LogP contribution in [0.25, 0.3) is 0 Å². The molecule has 2 heteroatoms. The van der Waals surface area contributed by atoms with Crippen molar-refractivity contribution in [3.05, 3.63) is 35.4 Å². The Kier molecular flexibility index (Phi) is 4.35. The molecule has 0 aliphatic rings. The van der Waals surface area contributed by atoms with Gasteiger partial charge in [-0.25, -0.2) is 0 Å². The number of nitrogens with one attached hydrogen (secondary N) is 1. The smallest absolute Gasteiger partial charge is 0.222 e. The van der Waals surface area contributed by atoms with E-state index < -0.39 is 0 Å². The summed E-state index contributed by atoms with van der Waals surface area (Å²) in [6, 6.07) is 8.27. The number of aryl methyl sites for hydroxylation is 1. The summed E-state index contributed by atoms with van der Waals surface area (Å²) in [7, 11) is 0. The van der Waals surface area contributed by atoms with Crippen molar-refractivity contribution in [1.29, 1.82) is 0 Å². The Balaban J connectivity index is 2.38. The molecule has 2 nitrogen and oxygen atoms in total. The first-order chi connectivity index (χ1) is 7.11. The maximum atomic E-state index is 11.3. The maximum Gasteiger partial charge on any atom is 0.222 e. The zero-order valence-electron chi connectivity index (χ0n) is 9.71. The van der Waals surface area contributed by atoms with Gasteiger partial charge in [-0.15, -0.1) is 0 Å². The number of benzene rings is 1. The fourth-order valence-corrected chi connectivity index (χ4v) is 1.42. The molecule has 0 aromatic heterocycles. The topological polar surface area (TPSA) is 29.1 Å². The van der Waals surface area contributed by atoms with E-state index in [2.05, 4.69) is 24.4 Å². The van der Waals surface area contributed by atoms with E-state index in [1.807, 2.05) is 26.0 Å². The summed E-state index contributed by atoms with van der Waals surface area (Å²) in [6.45, 7) is 6.63. The minimum Gasteiger partial charge on any atom is -0.356 e. The summed E-state index contributed by atoms with van der Waals surface area (Å²) in [4.78, 5) is 11.3. The van der Waals surface area contributed by atoms with Crippen LogP contribution in [0, 0.1) is 12.8 Å². The minimum absolute atomic E-state index is 0.0712. The van der Waals surface area contributed by atoms with Crippen LogP contribution in [0.1, 0.15) is 25.0 Å². The fourth-order valence-electron chi connectivity index (χ4n) is 1.42. The van der Waals surface area contributed by atoms with Gasteiger partial charge in [-0.05, 0) is 24.5 Å². The molecule has 0 saturated heterocycles. The molecule has 0 bridgehead atoms. The van der Waals surface area contributed by atoms with Gasteiger partial charge in [-0.1, -0.05) is 38.1 Å². The summed E-state index contributed by atoms with van der Waals surface area (Å²) in [5.41, 5.74) is 2.60. The van der Waals surface area contributed by atoms with E-state index in [-0.39, 0.29) is 11.8 Å². The van der Waals surface area contributed by atoms with Gasteiger partial charge in [0.2, 0.25) is 5.91 Å². The molecule has 1 aromatic rings. The lowest BCUT2D eigenvalue weighted by Crippen LogP contribution is -2.29. The Morgan fingerprint density at radius 1 is 1.33 bits per heavy atom. The second kappa shape index (κ2) is 5.54. The molecule has 0 spiro atoms. The molecule has 1 aromatic carbocycles. The number of carbonyl (C=O) groups is 1. The van der Waals surface area contributed by atoms with Crippen LogP contribution in [0.15, 0.2) is 24.3 Å². The molecule has 0 aliphatic carbocycles. The predicted molar refractivity (Wildman–Crippen MR) is 62.7 cm³/mol. The Labute approximate surface area is 91.7 Å². The highest BCUT2D eigenvalue weighted by atomic mass is 16.1. The predicted octanol–water partition coefficient (Wildman–Crippen LogP) is 2.31. The standard InChI is InChI=1S/C13H19NO/c1-10(2)13(15)14-9-8-12-7-5-4-6-11(12)3/h4-7,10H,8-9H2,1-3H3,(H,14,15). The summed E-state index contributed by atoms with van der Waals surface area (Å²) < 4.78 is 0. The third-order valence-corrected chi connectivity index (χ3v) is 2.48. The zero-order chi connectivity index (χ0) is 11.3. The molecule has 0 saturated carbocycles. The highest BCUT2D eigenvalue weighted by Gasteiger charge is 2.05. The Bertz CT molecular complexity index is 331. The normalized spacial score (nSPS) is 10.4. The van der Waals surface area contributed by atoms with Gasteiger partial charge in [-0.2, -0.15) is 0 Å². The third-order valence-electron chi connectivity index (χ3n) is 2.48. The first kappa shape index (κ1) is 11.8. The van der Waals surface area contributed by atoms with Crippen molar-refractivity contribution in [2.75, 3.05) is 6.54 Å². The molecule has 1 amide bonds. The second-order valence-electron chi connectivity index (χ2n) is 4.12.